The highest BCUT2D eigenvalue weighted by Crippen LogP contribution is 2.14. The highest BCUT2D eigenvalue weighted by molar-refractivity contribution is 7.11. The second kappa shape index (κ2) is 6.42. The highest BCUT2D eigenvalue weighted by atomic mass is 32.1. The third kappa shape index (κ3) is 4.80. The lowest BCUT2D eigenvalue weighted by molar-refractivity contribution is 0.316. The van der Waals surface area contributed by atoms with Crippen molar-refractivity contribution >= 4 is 17.2 Å². The average molecular weight is 227 g/mol. The molecule has 5 heteroatoms. The molecule has 0 bridgehead atoms. The normalized spacial score (nSPS) is 11.9. The Balaban J connectivity index is 2.07. The highest BCUT2D eigenvalue weighted by Gasteiger charge is 1.96. The van der Waals surface area contributed by atoms with Crippen molar-refractivity contribution in [2.45, 2.75) is 26.3 Å². The van der Waals surface area contributed by atoms with Gasteiger partial charge in [-0.25, -0.2) is 0 Å². The summed E-state index contributed by atoms with van der Waals surface area (Å²) in [5.41, 5.74) is 5.34. The van der Waals surface area contributed by atoms with Gasteiger partial charge >= 0.3 is 0 Å². The van der Waals surface area contributed by atoms with Crippen molar-refractivity contribution in [1.29, 1.82) is 0 Å². The molecule has 0 unspecified atom stereocenters. The molecule has 4 nitrogen and oxygen atoms in total. The number of hydrogen-bond acceptors (Lipinski definition) is 4. The third-order valence-corrected chi connectivity index (χ3v) is 3.01. The van der Waals surface area contributed by atoms with Gasteiger partial charge in [-0.1, -0.05) is 5.16 Å². The van der Waals surface area contributed by atoms with Crippen molar-refractivity contribution in [3.8, 4) is 0 Å². The van der Waals surface area contributed by atoms with E-state index in [0.717, 1.165) is 19.5 Å². The summed E-state index contributed by atoms with van der Waals surface area (Å²) in [5, 5.41) is 14.5. The lowest BCUT2D eigenvalue weighted by Crippen LogP contribution is -2.18. The number of nitrogens with one attached hydrogen (secondary N) is 1. The van der Waals surface area contributed by atoms with Gasteiger partial charge in [0.2, 0.25) is 0 Å². The number of aryl methyl sites for hydroxylation is 1. The molecule has 0 aliphatic heterocycles. The van der Waals surface area contributed by atoms with E-state index in [1.807, 2.05) is 0 Å². The summed E-state index contributed by atoms with van der Waals surface area (Å²) in [5.74, 6) is 0.295. The molecule has 0 aliphatic carbocycles. The molecular weight excluding hydrogens is 210 g/mol. The quantitative estimate of drug-likeness (QED) is 0.228. The Morgan fingerprint density at radius 3 is 3.00 bits per heavy atom. The Morgan fingerprint density at radius 2 is 2.40 bits per heavy atom. The minimum atomic E-state index is 0.295. The van der Waals surface area contributed by atoms with E-state index in [0.29, 0.717) is 12.3 Å². The van der Waals surface area contributed by atoms with E-state index in [9.17, 15) is 0 Å². The van der Waals surface area contributed by atoms with Crippen molar-refractivity contribution in [3.63, 3.8) is 0 Å². The summed E-state index contributed by atoms with van der Waals surface area (Å²) >= 11 is 1.81. The van der Waals surface area contributed by atoms with Gasteiger partial charge in [0, 0.05) is 22.7 Å². The summed E-state index contributed by atoms with van der Waals surface area (Å²) in [7, 11) is 0. The summed E-state index contributed by atoms with van der Waals surface area (Å²) < 4.78 is 0. The van der Waals surface area contributed by atoms with Crippen molar-refractivity contribution in [1.82, 2.24) is 5.32 Å². The van der Waals surface area contributed by atoms with Gasteiger partial charge < -0.3 is 16.3 Å². The average Bonchev–Trinajstić information content (AvgIpc) is 2.63. The number of nitrogens with zero attached hydrogens (tertiary/aromatic N) is 1. The Morgan fingerprint density at radius 1 is 1.60 bits per heavy atom. The maximum absolute atomic E-state index is 8.32. The molecule has 0 radical (unpaired) electrons. The van der Waals surface area contributed by atoms with Crippen LogP contribution in [0.2, 0.25) is 0 Å². The van der Waals surface area contributed by atoms with Crippen LogP contribution in [0, 0.1) is 6.92 Å². The fourth-order valence-corrected chi connectivity index (χ4v) is 2.10. The van der Waals surface area contributed by atoms with Crippen molar-refractivity contribution < 1.29 is 5.21 Å². The largest absolute Gasteiger partial charge is 0.409 e. The van der Waals surface area contributed by atoms with Gasteiger partial charge in [-0.05, 0) is 32.0 Å². The van der Waals surface area contributed by atoms with Crippen LogP contribution < -0.4 is 11.1 Å². The van der Waals surface area contributed by atoms with Crippen molar-refractivity contribution in [3.05, 3.63) is 21.9 Å². The van der Waals surface area contributed by atoms with Gasteiger partial charge in [0.25, 0.3) is 0 Å². The molecule has 0 saturated heterocycles. The number of hydrogen-bond donors (Lipinski definition) is 3. The SMILES string of the molecule is Cc1ccc(CNCCCC(N)=NO)s1. The number of amidine groups is 1. The van der Waals surface area contributed by atoms with Crippen LogP contribution in [0.3, 0.4) is 0 Å². The van der Waals surface area contributed by atoms with Gasteiger partial charge in [0.15, 0.2) is 0 Å². The van der Waals surface area contributed by atoms with Crippen LogP contribution in [0.25, 0.3) is 0 Å². The first-order chi connectivity index (χ1) is 7.22. The van der Waals surface area contributed by atoms with E-state index in [4.69, 9.17) is 10.9 Å². The Hall–Kier alpha value is -1.07. The summed E-state index contributed by atoms with van der Waals surface area (Å²) in [6, 6.07) is 4.26. The fourth-order valence-electron chi connectivity index (χ4n) is 1.24. The lowest BCUT2D eigenvalue weighted by Gasteiger charge is -2.02. The predicted molar refractivity (Wildman–Crippen MR) is 63.4 cm³/mol. The van der Waals surface area contributed by atoms with Crippen LogP contribution in [0.4, 0.5) is 0 Å². The molecule has 0 atom stereocenters. The van der Waals surface area contributed by atoms with Crippen LogP contribution in [0.1, 0.15) is 22.6 Å². The molecule has 1 aromatic heterocycles. The first-order valence-electron chi connectivity index (χ1n) is 4.95. The summed E-state index contributed by atoms with van der Waals surface area (Å²) in [6.45, 7) is 3.88. The van der Waals surface area contributed by atoms with Gasteiger partial charge in [-0.3, -0.25) is 0 Å². The van der Waals surface area contributed by atoms with Gasteiger partial charge in [0.1, 0.15) is 5.84 Å². The maximum Gasteiger partial charge on any atom is 0.139 e. The van der Waals surface area contributed by atoms with Crippen LogP contribution in [0.5, 0.6) is 0 Å². The number of oxime groups is 1. The molecule has 4 N–H and O–H groups in total. The molecule has 0 fully saturated rings. The molecule has 0 aromatic carbocycles. The van der Waals surface area contributed by atoms with Crippen molar-refractivity contribution in [2.24, 2.45) is 10.9 Å². The minimum absolute atomic E-state index is 0.295. The van der Waals surface area contributed by atoms with Crippen LogP contribution >= 0.6 is 11.3 Å². The lowest BCUT2D eigenvalue weighted by atomic mass is 10.3. The zero-order valence-corrected chi connectivity index (χ0v) is 9.68. The molecule has 84 valence electrons. The van der Waals surface area contributed by atoms with Gasteiger partial charge in [-0.2, -0.15) is 0 Å². The Labute approximate surface area is 93.8 Å². The van der Waals surface area contributed by atoms with Gasteiger partial charge in [0.05, 0.1) is 0 Å². The molecule has 0 saturated carbocycles. The molecule has 1 aromatic rings. The second-order valence-corrected chi connectivity index (χ2v) is 4.76. The zero-order valence-electron chi connectivity index (χ0n) is 8.86. The first kappa shape index (κ1) is 12.0. The first-order valence-corrected chi connectivity index (χ1v) is 5.76. The maximum atomic E-state index is 8.32. The Bertz CT molecular complexity index is 322. The standard InChI is InChI=1S/C10H17N3OS/c1-8-4-5-9(15-8)7-12-6-2-3-10(11)13-14/h4-5,12,14H,2-3,6-7H2,1H3,(H2,11,13). The Kier molecular flexibility index (Phi) is 5.14. The second-order valence-electron chi connectivity index (χ2n) is 3.38. The van der Waals surface area contributed by atoms with Crippen LogP contribution in [-0.4, -0.2) is 17.6 Å². The minimum Gasteiger partial charge on any atom is -0.409 e. The van der Waals surface area contributed by atoms with E-state index < -0.39 is 0 Å². The van der Waals surface area contributed by atoms with Gasteiger partial charge in [-0.15, -0.1) is 11.3 Å². The van der Waals surface area contributed by atoms with E-state index in [1.165, 1.54) is 9.75 Å². The summed E-state index contributed by atoms with van der Waals surface area (Å²) in [4.78, 5) is 2.68. The number of nitrogens with two attached hydrogens (primary N) is 1. The third-order valence-electron chi connectivity index (χ3n) is 2.01. The van der Waals surface area contributed by atoms with Crippen LogP contribution in [-0.2, 0) is 6.54 Å². The van der Waals surface area contributed by atoms with E-state index >= 15 is 0 Å². The monoisotopic (exact) mass is 227 g/mol. The smallest absolute Gasteiger partial charge is 0.139 e. The molecule has 15 heavy (non-hydrogen) atoms. The van der Waals surface area contributed by atoms with E-state index in [2.05, 4.69) is 29.5 Å². The molecular formula is C10H17N3OS. The van der Waals surface area contributed by atoms with E-state index in [-0.39, 0.29) is 0 Å². The van der Waals surface area contributed by atoms with E-state index in [1.54, 1.807) is 11.3 Å². The molecule has 1 heterocycles. The van der Waals surface area contributed by atoms with Crippen LogP contribution in [0.15, 0.2) is 17.3 Å². The molecule has 0 amide bonds. The number of thiophene rings is 1. The molecule has 0 aliphatic rings. The molecule has 0 spiro atoms. The van der Waals surface area contributed by atoms with Crippen molar-refractivity contribution in [2.75, 3.05) is 6.54 Å². The fraction of sp³-hybridized carbons (Fsp3) is 0.500. The summed E-state index contributed by atoms with van der Waals surface area (Å²) in [6.07, 6.45) is 1.52. The predicted octanol–water partition coefficient (Wildman–Crippen LogP) is 1.67. The topological polar surface area (TPSA) is 70.6 Å². The zero-order chi connectivity index (χ0) is 11.1. The number of rotatable bonds is 6. The molecule has 1 rings (SSSR count).